The van der Waals surface area contributed by atoms with Crippen LogP contribution in [-0.4, -0.2) is 67.9 Å². The number of benzene rings is 4. The van der Waals surface area contributed by atoms with Crippen LogP contribution in [0.3, 0.4) is 0 Å². The summed E-state index contributed by atoms with van der Waals surface area (Å²) >= 11 is 3.11. The SMILES string of the molecule is Cc1cc(S(C)(=O)=O)c(F)cc1Br.Cc1cc(S(C)(=O)=O)c(F)cc1N1CCc2[nH]c(-c3c(F)cccc3F)cc2C1.Fc1cccc(F)c1-c1cc2c([nH]1)CCNC2.[B][BH3-]. The fourth-order valence-corrected chi connectivity index (χ4v) is 8.89. The molecule has 4 aromatic carbocycles. The molecule has 2 aliphatic rings. The van der Waals surface area contributed by atoms with Crippen molar-refractivity contribution in [3.8, 4) is 22.5 Å². The van der Waals surface area contributed by atoms with E-state index in [1.807, 2.05) is 11.0 Å². The number of anilines is 1. The van der Waals surface area contributed by atoms with Crippen LogP contribution < -0.4 is 10.2 Å². The minimum atomic E-state index is -3.66. The van der Waals surface area contributed by atoms with Gasteiger partial charge in [0, 0.05) is 73.1 Å². The van der Waals surface area contributed by atoms with Crippen LogP contribution in [0.25, 0.3) is 22.5 Å². The second kappa shape index (κ2) is 19.6. The molecule has 0 spiro atoms. The maximum Gasteiger partial charge on any atom is 0.178 e. The summed E-state index contributed by atoms with van der Waals surface area (Å²) in [5.41, 5.74) is 6.65. The lowest BCUT2D eigenvalue weighted by molar-refractivity contribution is 0.567. The lowest BCUT2D eigenvalue weighted by atomic mass is 9.81. The minimum Gasteiger partial charge on any atom is -0.366 e. The number of aromatic amines is 2. The maximum absolute atomic E-state index is 14.4. The molecule has 0 unspecified atom stereocenters. The van der Waals surface area contributed by atoms with Crippen molar-refractivity contribution in [3.63, 3.8) is 0 Å². The summed E-state index contributed by atoms with van der Waals surface area (Å²) in [5, 5.41) is 3.23. The molecule has 19 heteroatoms. The molecule has 6 aromatic rings. The lowest BCUT2D eigenvalue weighted by Crippen LogP contribution is -2.30. The number of halogens is 7. The summed E-state index contributed by atoms with van der Waals surface area (Å²) in [6.45, 7) is 6.06. The molecule has 0 atom stereocenters. The smallest absolute Gasteiger partial charge is 0.178 e. The molecule has 0 aliphatic carbocycles. The number of nitrogens with one attached hydrogen (secondary N) is 3. The van der Waals surface area contributed by atoms with Crippen LogP contribution in [0, 0.1) is 48.8 Å². The number of rotatable bonds is 5. The van der Waals surface area contributed by atoms with E-state index in [1.54, 1.807) is 19.9 Å². The van der Waals surface area contributed by atoms with Crippen molar-refractivity contribution in [1.82, 2.24) is 15.3 Å². The first-order valence-electron chi connectivity index (χ1n) is 18.1. The van der Waals surface area contributed by atoms with Gasteiger partial charge in [0.25, 0.3) is 0 Å². The van der Waals surface area contributed by atoms with Gasteiger partial charge in [0.1, 0.15) is 44.7 Å². The summed E-state index contributed by atoms with van der Waals surface area (Å²) in [5.74, 6) is -3.86. The van der Waals surface area contributed by atoms with Crippen LogP contribution in [-0.2, 0) is 45.6 Å². The van der Waals surface area contributed by atoms with Crippen molar-refractivity contribution in [1.29, 1.82) is 0 Å². The second-order valence-electron chi connectivity index (χ2n) is 14.3. The Kier molecular flexibility index (Phi) is 15.2. The highest BCUT2D eigenvalue weighted by Crippen LogP contribution is 2.34. The van der Waals surface area contributed by atoms with Gasteiger partial charge in [0.2, 0.25) is 0 Å². The van der Waals surface area contributed by atoms with Gasteiger partial charge < -0.3 is 20.2 Å². The lowest BCUT2D eigenvalue weighted by Gasteiger charge is -2.30. The number of H-pyrrole nitrogens is 2. The van der Waals surface area contributed by atoms with Crippen molar-refractivity contribution in [2.24, 2.45) is 0 Å². The summed E-state index contributed by atoms with van der Waals surface area (Å²) in [6.07, 6.45) is 3.41. The Balaban J connectivity index is 0.000000186. The first-order chi connectivity index (χ1) is 28.7. The molecular formula is C42H42B2BrF6N4O4S2-. The molecule has 2 aliphatic heterocycles. The minimum absolute atomic E-state index is 0.0295. The summed E-state index contributed by atoms with van der Waals surface area (Å²) in [7, 11) is -2.13. The molecule has 0 bridgehead atoms. The van der Waals surface area contributed by atoms with Gasteiger partial charge in [-0.25, -0.2) is 43.2 Å². The van der Waals surface area contributed by atoms with E-state index in [2.05, 4.69) is 31.2 Å². The number of hydrogen-bond acceptors (Lipinski definition) is 6. The number of aromatic nitrogens is 2. The predicted molar refractivity (Wildman–Crippen MR) is 234 cm³/mol. The van der Waals surface area contributed by atoms with E-state index in [9.17, 15) is 43.2 Å². The van der Waals surface area contributed by atoms with E-state index in [0.717, 1.165) is 60.6 Å². The Morgan fingerprint density at radius 1 is 0.639 bits per heavy atom. The molecule has 0 amide bonds. The van der Waals surface area contributed by atoms with Crippen LogP contribution >= 0.6 is 15.9 Å². The Labute approximate surface area is 361 Å². The average molecular weight is 946 g/mol. The molecule has 0 saturated carbocycles. The van der Waals surface area contributed by atoms with Gasteiger partial charge in [-0.1, -0.05) is 35.8 Å². The van der Waals surface area contributed by atoms with Gasteiger partial charge in [-0.05, 0) is 96.8 Å². The highest BCUT2D eigenvalue weighted by molar-refractivity contribution is 9.10. The van der Waals surface area contributed by atoms with Gasteiger partial charge in [0.15, 0.2) is 19.7 Å². The monoisotopic (exact) mass is 945 g/mol. The van der Waals surface area contributed by atoms with Gasteiger partial charge in [0.05, 0.1) is 22.5 Å². The third-order valence-corrected chi connectivity index (χ3v) is 13.0. The number of fused-ring (bicyclic) bond motifs is 2. The highest BCUT2D eigenvalue weighted by atomic mass is 79.9. The van der Waals surface area contributed by atoms with Crippen molar-refractivity contribution >= 4 is 56.8 Å². The van der Waals surface area contributed by atoms with Crippen molar-refractivity contribution in [3.05, 3.63) is 146 Å². The van der Waals surface area contributed by atoms with Gasteiger partial charge >= 0.3 is 0 Å². The topological polar surface area (TPSA) is 115 Å². The molecule has 0 saturated heterocycles. The third-order valence-electron chi connectivity index (χ3n) is 9.91. The Bertz CT molecular complexity index is 2740. The Hall–Kier alpha value is -4.71. The van der Waals surface area contributed by atoms with Crippen LogP contribution in [0.5, 0.6) is 0 Å². The Morgan fingerprint density at radius 2 is 1.10 bits per heavy atom. The number of hydrogen-bond donors (Lipinski definition) is 3. The van der Waals surface area contributed by atoms with E-state index in [1.165, 1.54) is 54.6 Å². The molecular weight excluding hydrogens is 904 g/mol. The average Bonchev–Trinajstić information content (AvgIpc) is 3.81. The molecule has 61 heavy (non-hydrogen) atoms. The molecule has 2 aromatic heterocycles. The van der Waals surface area contributed by atoms with Crippen molar-refractivity contribution in [2.45, 2.75) is 49.6 Å². The van der Waals surface area contributed by atoms with Crippen LogP contribution in [0.1, 0.15) is 33.6 Å². The standard InChI is InChI=1S/C21H19F3N2O2S.C13H12F2N2.C8H8BrFO2S.B2H3/c1-12-8-20(29(2,27)28)16(24)10-19(12)26-7-6-17-13(11-26)9-18(25-17)21-14(22)4-3-5-15(21)23;14-9-2-1-3-10(15)13(9)12-6-8-7-16-5-4-11(8)17-12;1-5-3-8(13(2,11)12)7(10)4-6(5)9;1-2/h3-5,8-10,25H,6-7,11H2,1-2H3;1-3,6,16-17H,4-5,7H2;3-4H,1-2H3;1H3/q;;;-1. The van der Waals surface area contributed by atoms with Crippen LogP contribution in [0.4, 0.5) is 32.0 Å². The van der Waals surface area contributed by atoms with Gasteiger partial charge in [-0.15, -0.1) is 0 Å². The first-order valence-corrected chi connectivity index (χ1v) is 22.7. The molecule has 322 valence electrons. The van der Waals surface area contributed by atoms with Crippen LogP contribution in [0.2, 0.25) is 0 Å². The number of nitrogens with zero attached hydrogens (tertiary/aromatic N) is 1. The first kappa shape index (κ1) is 47.3. The quantitative estimate of drug-likeness (QED) is 0.121. The van der Waals surface area contributed by atoms with Gasteiger partial charge in [-0.3, -0.25) is 0 Å². The van der Waals surface area contributed by atoms with E-state index < -0.39 is 54.6 Å². The molecule has 8 nitrogen and oxygen atoms in total. The number of sulfone groups is 2. The normalized spacial score (nSPS) is 13.4. The Morgan fingerprint density at radius 3 is 1.59 bits per heavy atom. The summed E-state index contributed by atoms with van der Waals surface area (Å²) in [4.78, 5) is 7.56. The molecule has 8 rings (SSSR count). The van der Waals surface area contributed by atoms with E-state index in [4.69, 9.17) is 7.74 Å². The van der Waals surface area contributed by atoms with Gasteiger partial charge in [-0.2, -0.15) is 7.74 Å². The van der Waals surface area contributed by atoms with Crippen LogP contribution in [0.15, 0.2) is 87.1 Å². The zero-order chi connectivity index (χ0) is 45.0. The van der Waals surface area contributed by atoms with E-state index in [-0.39, 0.29) is 28.7 Å². The predicted octanol–water partition coefficient (Wildman–Crippen LogP) is 7.71. The zero-order valence-electron chi connectivity index (χ0n) is 32.8. The fraction of sp³-hybridized carbons (Fsp3) is 0.238. The largest absolute Gasteiger partial charge is 0.366 e. The summed E-state index contributed by atoms with van der Waals surface area (Å²) in [6, 6.07) is 16.2. The third kappa shape index (κ3) is 11.0. The van der Waals surface area contributed by atoms with Crippen molar-refractivity contribution in [2.75, 3.05) is 30.5 Å². The zero-order valence-corrected chi connectivity index (χ0v) is 36.0. The molecule has 0 fully saturated rings. The second-order valence-corrected chi connectivity index (χ2v) is 19.1. The van der Waals surface area contributed by atoms with Crippen molar-refractivity contribution < 1.29 is 43.2 Å². The van der Waals surface area contributed by atoms with E-state index >= 15 is 0 Å². The highest BCUT2D eigenvalue weighted by Gasteiger charge is 2.25. The fourth-order valence-electron chi connectivity index (χ4n) is 6.96. The molecule has 2 radical (unpaired) electrons. The molecule has 4 heterocycles. The van der Waals surface area contributed by atoms with E-state index in [0.29, 0.717) is 52.2 Å². The maximum atomic E-state index is 14.4. The number of aryl methyl sites for hydroxylation is 2. The summed E-state index contributed by atoms with van der Waals surface area (Å²) < 4.78 is 129. The molecule has 3 N–H and O–H groups in total.